The smallest absolute Gasteiger partial charge is 0.359 e. The van der Waals surface area contributed by atoms with Crippen molar-refractivity contribution in [1.82, 2.24) is 9.78 Å². The van der Waals surface area contributed by atoms with Crippen LogP contribution in [0.1, 0.15) is 47.8 Å². The zero-order valence-corrected chi connectivity index (χ0v) is 15.9. The maximum absolute atomic E-state index is 12.3. The summed E-state index contributed by atoms with van der Waals surface area (Å²) in [5.41, 5.74) is 3.74. The number of alkyl halides is 1. The molecule has 24 heavy (non-hydrogen) atoms. The van der Waals surface area contributed by atoms with E-state index in [0.717, 1.165) is 59.1 Å². The summed E-state index contributed by atoms with van der Waals surface area (Å²) in [6, 6.07) is 2.03. The molecule has 1 aliphatic rings. The Labute approximate surface area is 155 Å². The van der Waals surface area contributed by atoms with Gasteiger partial charge in [-0.2, -0.15) is 5.10 Å². The van der Waals surface area contributed by atoms with Gasteiger partial charge in [-0.3, -0.25) is 4.68 Å². The van der Waals surface area contributed by atoms with Crippen LogP contribution in [0.25, 0.3) is 10.6 Å². The van der Waals surface area contributed by atoms with Gasteiger partial charge in [0.15, 0.2) is 5.69 Å². The lowest BCUT2D eigenvalue weighted by atomic mass is 9.95. The number of halogens is 2. The number of unbranched alkanes of at least 4 members (excludes halogenated alkanes) is 2. The zero-order valence-electron chi connectivity index (χ0n) is 13.6. The Morgan fingerprint density at radius 2 is 2.21 bits per heavy atom. The molecule has 2 heterocycles. The van der Waals surface area contributed by atoms with E-state index in [-0.39, 0.29) is 5.97 Å². The van der Waals surface area contributed by atoms with Crippen molar-refractivity contribution in [3.05, 3.63) is 27.2 Å². The van der Waals surface area contributed by atoms with Crippen molar-refractivity contribution >= 4 is 40.5 Å². The van der Waals surface area contributed by atoms with Gasteiger partial charge in [0.2, 0.25) is 0 Å². The molecule has 3 rings (SSSR count). The third kappa shape index (κ3) is 3.48. The molecular weight excluding hydrogens is 367 g/mol. The van der Waals surface area contributed by atoms with E-state index in [0.29, 0.717) is 18.2 Å². The standard InChI is InChI=1S/C17H20Cl2N2O2S/c1-2-23-17(22)14-12-7-6-11-10-13(19)24-16(11)15(12)21(20-14)9-5-3-4-8-18/h10H,2-9H2,1H3. The number of carbonyl (C=O) groups excluding carboxylic acids is 1. The second-order valence-corrected chi connectivity index (χ2v) is 7.84. The highest BCUT2D eigenvalue weighted by molar-refractivity contribution is 7.19. The van der Waals surface area contributed by atoms with E-state index in [1.165, 1.54) is 5.56 Å². The van der Waals surface area contributed by atoms with Gasteiger partial charge in [0, 0.05) is 18.0 Å². The van der Waals surface area contributed by atoms with Crippen LogP contribution in [-0.2, 0) is 24.1 Å². The number of aromatic nitrogens is 2. The first kappa shape index (κ1) is 17.8. The van der Waals surface area contributed by atoms with Gasteiger partial charge in [-0.05, 0) is 44.2 Å². The molecule has 0 amide bonds. The lowest BCUT2D eigenvalue weighted by Gasteiger charge is -2.15. The Balaban J connectivity index is 1.97. The summed E-state index contributed by atoms with van der Waals surface area (Å²) in [4.78, 5) is 13.4. The van der Waals surface area contributed by atoms with Crippen LogP contribution in [-0.4, -0.2) is 28.2 Å². The van der Waals surface area contributed by atoms with E-state index < -0.39 is 0 Å². The summed E-state index contributed by atoms with van der Waals surface area (Å²) in [6.07, 6.45) is 4.70. The van der Waals surface area contributed by atoms with E-state index >= 15 is 0 Å². The van der Waals surface area contributed by atoms with Crippen LogP contribution in [0.15, 0.2) is 6.07 Å². The summed E-state index contributed by atoms with van der Waals surface area (Å²) in [7, 11) is 0. The molecule has 0 spiro atoms. The van der Waals surface area contributed by atoms with Crippen molar-refractivity contribution in [2.24, 2.45) is 0 Å². The van der Waals surface area contributed by atoms with E-state index in [9.17, 15) is 4.79 Å². The number of thiophene rings is 1. The number of nitrogens with zero attached hydrogens (tertiary/aromatic N) is 2. The summed E-state index contributed by atoms with van der Waals surface area (Å²) >= 11 is 13.5. The van der Waals surface area contributed by atoms with E-state index in [1.54, 1.807) is 11.3 Å². The van der Waals surface area contributed by atoms with Gasteiger partial charge >= 0.3 is 5.97 Å². The molecule has 0 radical (unpaired) electrons. The van der Waals surface area contributed by atoms with Gasteiger partial charge in [-0.1, -0.05) is 18.0 Å². The molecule has 0 N–H and O–H groups in total. The molecule has 0 saturated heterocycles. The lowest BCUT2D eigenvalue weighted by molar-refractivity contribution is 0.0517. The Morgan fingerprint density at radius 1 is 1.38 bits per heavy atom. The molecule has 0 bridgehead atoms. The number of ether oxygens (including phenoxy) is 1. The van der Waals surface area contributed by atoms with Gasteiger partial charge in [0.1, 0.15) is 0 Å². The molecule has 1 aliphatic carbocycles. The van der Waals surface area contributed by atoms with Gasteiger partial charge in [0.25, 0.3) is 0 Å². The minimum absolute atomic E-state index is 0.334. The summed E-state index contributed by atoms with van der Waals surface area (Å²) < 4.78 is 7.93. The Hall–Kier alpha value is -1.04. The average Bonchev–Trinajstić information content (AvgIpc) is 3.11. The molecule has 7 heteroatoms. The van der Waals surface area contributed by atoms with Crippen molar-refractivity contribution in [3.8, 4) is 10.6 Å². The predicted octanol–water partition coefficient (Wildman–Crippen LogP) is 4.95. The Morgan fingerprint density at radius 3 is 2.96 bits per heavy atom. The fourth-order valence-corrected chi connectivity index (χ4v) is 4.65. The highest BCUT2D eigenvalue weighted by Crippen LogP contribution is 2.42. The average molecular weight is 387 g/mol. The second-order valence-electron chi connectivity index (χ2n) is 5.77. The maximum Gasteiger partial charge on any atom is 0.359 e. The molecule has 0 unspecified atom stereocenters. The van der Waals surface area contributed by atoms with Gasteiger partial charge in [-0.25, -0.2) is 4.79 Å². The molecule has 0 fully saturated rings. The van der Waals surface area contributed by atoms with E-state index in [1.807, 2.05) is 17.7 Å². The fraction of sp³-hybridized carbons (Fsp3) is 0.529. The quantitative estimate of drug-likeness (QED) is 0.384. The number of esters is 1. The molecule has 0 atom stereocenters. The zero-order chi connectivity index (χ0) is 17.1. The van der Waals surface area contributed by atoms with Crippen molar-refractivity contribution in [2.45, 2.75) is 45.6 Å². The first-order chi connectivity index (χ1) is 11.7. The number of fused-ring (bicyclic) bond motifs is 3. The van der Waals surface area contributed by atoms with Crippen molar-refractivity contribution in [1.29, 1.82) is 0 Å². The number of aryl methyl sites for hydroxylation is 2. The molecule has 0 aliphatic heterocycles. The fourth-order valence-electron chi connectivity index (χ4n) is 3.09. The van der Waals surface area contributed by atoms with Crippen LogP contribution < -0.4 is 0 Å². The molecular formula is C17H20Cl2N2O2S. The minimum atomic E-state index is -0.334. The summed E-state index contributed by atoms with van der Waals surface area (Å²) in [5, 5.41) is 4.59. The molecule has 2 aromatic rings. The van der Waals surface area contributed by atoms with Gasteiger partial charge in [0.05, 0.1) is 21.5 Å². The molecule has 0 aromatic carbocycles. The molecule has 4 nitrogen and oxygen atoms in total. The maximum atomic E-state index is 12.3. The number of carbonyl (C=O) groups is 1. The van der Waals surface area contributed by atoms with Crippen molar-refractivity contribution < 1.29 is 9.53 Å². The van der Waals surface area contributed by atoms with Crippen LogP contribution in [0.3, 0.4) is 0 Å². The first-order valence-corrected chi connectivity index (χ1v) is 10.00. The molecule has 130 valence electrons. The van der Waals surface area contributed by atoms with Crippen LogP contribution in [0.4, 0.5) is 0 Å². The van der Waals surface area contributed by atoms with E-state index in [4.69, 9.17) is 27.9 Å². The first-order valence-electron chi connectivity index (χ1n) is 8.27. The van der Waals surface area contributed by atoms with Crippen molar-refractivity contribution in [2.75, 3.05) is 12.5 Å². The van der Waals surface area contributed by atoms with Gasteiger partial charge < -0.3 is 4.74 Å². The lowest BCUT2D eigenvalue weighted by Crippen LogP contribution is -2.10. The van der Waals surface area contributed by atoms with Crippen LogP contribution >= 0.6 is 34.5 Å². The van der Waals surface area contributed by atoms with Crippen LogP contribution in [0.5, 0.6) is 0 Å². The van der Waals surface area contributed by atoms with Crippen LogP contribution in [0, 0.1) is 0 Å². The number of hydrogen-bond donors (Lipinski definition) is 0. The minimum Gasteiger partial charge on any atom is -0.461 e. The third-order valence-corrected chi connectivity index (χ3v) is 5.74. The topological polar surface area (TPSA) is 44.1 Å². The highest BCUT2D eigenvalue weighted by atomic mass is 35.5. The predicted molar refractivity (Wildman–Crippen MR) is 98.5 cm³/mol. The molecule has 0 saturated carbocycles. The normalized spacial score (nSPS) is 12.8. The monoisotopic (exact) mass is 386 g/mol. The van der Waals surface area contributed by atoms with Crippen molar-refractivity contribution in [3.63, 3.8) is 0 Å². The number of rotatable bonds is 7. The summed E-state index contributed by atoms with van der Waals surface area (Å²) in [6.45, 7) is 2.94. The van der Waals surface area contributed by atoms with E-state index in [2.05, 4.69) is 5.10 Å². The Kier molecular flexibility index (Phi) is 5.85. The largest absolute Gasteiger partial charge is 0.461 e. The van der Waals surface area contributed by atoms with Gasteiger partial charge in [-0.15, -0.1) is 22.9 Å². The second kappa shape index (κ2) is 7.89. The van der Waals surface area contributed by atoms with Crippen LogP contribution in [0.2, 0.25) is 4.34 Å². The Bertz CT molecular complexity index is 739. The molecule has 2 aromatic heterocycles. The highest BCUT2D eigenvalue weighted by Gasteiger charge is 2.30. The summed E-state index contributed by atoms with van der Waals surface area (Å²) in [5.74, 6) is 0.343. The third-order valence-electron chi connectivity index (χ3n) is 4.16. The SMILES string of the molecule is CCOC(=O)c1nn(CCCCCCl)c2c1CCc1cc(Cl)sc1-2. The number of hydrogen-bond acceptors (Lipinski definition) is 4.